The molecule has 0 unspecified atom stereocenters. The number of halogens is 1. The van der Waals surface area contributed by atoms with Crippen LogP contribution in [0.15, 0.2) is 18.2 Å². The van der Waals surface area contributed by atoms with E-state index in [1.807, 2.05) is 0 Å². The van der Waals surface area contributed by atoms with Crippen LogP contribution in [0.2, 0.25) is 0 Å². The fraction of sp³-hybridized carbons (Fsp3) is 0.438. The molecule has 1 aromatic rings. The molecule has 2 rings (SSSR count). The van der Waals surface area contributed by atoms with Crippen LogP contribution in [0.25, 0.3) is 0 Å². The van der Waals surface area contributed by atoms with E-state index in [9.17, 15) is 9.18 Å². The predicted molar refractivity (Wildman–Crippen MR) is 74.7 cm³/mol. The maximum absolute atomic E-state index is 13.4. The van der Waals surface area contributed by atoms with Gasteiger partial charge in [-0.3, -0.25) is 4.79 Å². The van der Waals surface area contributed by atoms with Crippen LogP contribution >= 0.6 is 0 Å². The minimum Gasteiger partial charge on any atom is -0.384 e. The van der Waals surface area contributed by atoms with E-state index in [0.717, 1.165) is 25.7 Å². The first kappa shape index (κ1) is 14.5. The average molecular weight is 275 g/mol. The average Bonchev–Trinajstić information content (AvgIpc) is 2.98. The molecule has 1 aliphatic rings. The van der Waals surface area contributed by atoms with Gasteiger partial charge in [-0.05, 0) is 31.0 Å². The van der Waals surface area contributed by atoms with Crippen molar-refractivity contribution in [2.45, 2.75) is 31.7 Å². The van der Waals surface area contributed by atoms with Crippen molar-refractivity contribution in [3.05, 3.63) is 35.1 Å². The third-order valence-electron chi connectivity index (χ3n) is 3.71. The number of rotatable bonds is 2. The first-order valence-corrected chi connectivity index (χ1v) is 6.80. The number of aliphatic hydroxyl groups is 1. The molecule has 3 nitrogen and oxygen atoms in total. The minimum atomic E-state index is -0.456. The minimum absolute atomic E-state index is 0.210. The summed E-state index contributed by atoms with van der Waals surface area (Å²) in [5, 5.41) is 8.75. The van der Waals surface area contributed by atoms with Gasteiger partial charge < -0.3 is 10.0 Å². The molecule has 0 spiro atoms. The van der Waals surface area contributed by atoms with Gasteiger partial charge in [0, 0.05) is 18.7 Å². The summed E-state index contributed by atoms with van der Waals surface area (Å²) in [7, 11) is 1.76. The van der Waals surface area contributed by atoms with Crippen LogP contribution in [0.4, 0.5) is 4.39 Å². The Kier molecular flexibility index (Phi) is 4.75. The molecule has 0 heterocycles. The Morgan fingerprint density at radius 1 is 1.45 bits per heavy atom. The third kappa shape index (κ3) is 3.17. The van der Waals surface area contributed by atoms with E-state index >= 15 is 0 Å². The summed E-state index contributed by atoms with van der Waals surface area (Å²) in [6, 6.07) is 4.20. The van der Waals surface area contributed by atoms with Gasteiger partial charge in [-0.1, -0.05) is 24.7 Å². The molecule has 1 N–H and O–H groups in total. The van der Waals surface area contributed by atoms with Crippen molar-refractivity contribution < 1.29 is 14.3 Å². The zero-order chi connectivity index (χ0) is 14.5. The van der Waals surface area contributed by atoms with Gasteiger partial charge in [-0.25, -0.2) is 4.39 Å². The van der Waals surface area contributed by atoms with Gasteiger partial charge >= 0.3 is 0 Å². The lowest BCUT2D eigenvalue weighted by atomic mass is 10.1. The van der Waals surface area contributed by atoms with Gasteiger partial charge in [0.25, 0.3) is 5.91 Å². The van der Waals surface area contributed by atoms with E-state index < -0.39 is 5.82 Å². The maximum atomic E-state index is 13.4. The summed E-state index contributed by atoms with van der Waals surface area (Å²) in [4.78, 5) is 14.2. The summed E-state index contributed by atoms with van der Waals surface area (Å²) < 4.78 is 13.4. The summed E-state index contributed by atoms with van der Waals surface area (Å²) in [5.74, 6) is 4.54. The smallest absolute Gasteiger partial charge is 0.255 e. The normalized spacial score (nSPS) is 14.8. The molecule has 0 atom stereocenters. The van der Waals surface area contributed by atoms with Gasteiger partial charge in [0.1, 0.15) is 12.4 Å². The van der Waals surface area contributed by atoms with Crippen molar-refractivity contribution in [3.63, 3.8) is 0 Å². The van der Waals surface area contributed by atoms with E-state index in [1.54, 1.807) is 11.9 Å². The topological polar surface area (TPSA) is 40.5 Å². The van der Waals surface area contributed by atoms with Gasteiger partial charge in [-0.15, -0.1) is 0 Å². The maximum Gasteiger partial charge on any atom is 0.255 e. The summed E-state index contributed by atoms with van der Waals surface area (Å²) >= 11 is 0. The number of aliphatic hydroxyl groups excluding tert-OH is 1. The van der Waals surface area contributed by atoms with Crippen molar-refractivity contribution in [2.24, 2.45) is 0 Å². The highest BCUT2D eigenvalue weighted by atomic mass is 19.1. The van der Waals surface area contributed by atoms with Crippen LogP contribution in [0.1, 0.15) is 41.6 Å². The number of amides is 1. The molecule has 1 fully saturated rings. The molecule has 4 heteroatoms. The second kappa shape index (κ2) is 6.53. The standard InChI is InChI=1S/C16H18FNO2/c1-18(14-6-2-3-7-14)16(20)15-11-13(17)9-8-12(15)5-4-10-19/h8-9,11,14,19H,2-3,6-7,10H2,1H3. The van der Waals surface area contributed by atoms with Crippen LogP contribution in [-0.4, -0.2) is 35.6 Å². The molecule has 0 aromatic heterocycles. The van der Waals surface area contributed by atoms with E-state index in [4.69, 9.17) is 5.11 Å². The Morgan fingerprint density at radius 3 is 2.80 bits per heavy atom. The van der Waals surface area contributed by atoms with Crippen molar-refractivity contribution in [1.82, 2.24) is 4.90 Å². The number of carbonyl (C=O) groups is 1. The van der Waals surface area contributed by atoms with Gasteiger partial charge in [0.05, 0.1) is 5.56 Å². The van der Waals surface area contributed by atoms with Crippen molar-refractivity contribution in [1.29, 1.82) is 0 Å². The Hall–Kier alpha value is -1.86. The monoisotopic (exact) mass is 275 g/mol. The second-order valence-corrected chi connectivity index (χ2v) is 5.00. The highest BCUT2D eigenvalue weighted by molar-refractivity contribution is 5.96. The van der Waals surface area contributed by atoms with E-state index in [-0.39, 0.29) is 24.1 Å². The second-order valence-electron chi connectivity index (χ2n) is 5.00. The Labute approximate surface area is 118 Å². The molecular weight excluding hydrogens is 257 g/mol. The van der Waals surface area contributed by atoms with Crippen LogP contribution in [-0.2, 0) is 0 Å². The fourth-order valence-electron chi connectivity index (χ4n) is 2.58. The summed E-state index contributed by atoms with van der Waals surface area (Å²) in [6.07, 6.45) is 4.25. The van der Waals surface area contributed by atoms with Crippen LogP contribution in [0.5, 0.6) is 0 Å². The quantitative estimate of drug-likeness (QED) is 0.840. The van der Waals surface area contributed by atoms with Gasteiger partial charge in [-0.2, -0.15) is 0 Å². The lowest BCUT2D eigenvalue weighted by Gasteiger charge is -2.24. The molecule has 20 heavy (non-hydrogen) atoms. The van der Waals surface area contributed by atoms with Crippen LogP contribution < -0.4 is 0 Å². The number of hydrogen-bond donors (Lipinski definition) is 1. The zero-order valence-electron chi connectivity index (χ0n) is 11.5. The predicted octanol–water partition coefficient (Wildman–Crippen LogP) is 2.18. The van der Waals surface area contributed by atoms with Crippen LogP contribution in [0.3, 0.4) is 0 Å². The van der Waals surface area contributed by atoms with Crippen LogP contribution in [0, 0.1) is 17.7 Å². The summed E-state index contributed by atoms with van der Waals surface area (Å²) in [6.45, 7) is -0.288. The molecule has 0 bridgehead atoms. The molecule has 1 amide bonds. The lowest BCUT2D eigenvalue weighted by molar-refractivity contribution is 0.0734. The highest BCUT2D eigenvalue weighted by Crippen LogP contribution is 2.24. The summed E-state index contributed by atoms with van der Waals surface area (Å²) in [5.41, 5.74) is 0.718. The molecule has 1 saturated carbocycles. The van der Waals surface area contributed by atoms with Crippen molar-refractivity contribution >= 4 is 5.91 Å². The first-order chi connectivity index (χ1) is 9.63. The van der Waals surface area contributed by atoms with Gasteiger partial charge in [0.15, 0.2) is 0 Å². The van der Waals surface area contributed by atoms with E-state index in [2.05, 4.69) is 11.8 Å². The first-order valence-electron chi connectivity index (χ1n) is 6.80. The Bertz CT molecular complexity index is 553. The number of carbonyl (C=O) groups excluding carboxylic acids is 1. The Balaban J connectivity index is 2.29. The number of benzene rings is 1. The molecule has 0 radical (unpaired) electrons. The number of hydrogen-bond acceptors (Lipinski definition) is 2. The molecule has 0 aliphatic heterocycles. The SMILES string of the molecule is CN(C(=O)c1cc(F)ccc1C#CCO)C1CCCC1. The largest absolute Gasteiger partial charge is 0.384 e. The molecule has 1 aliphatic carbocycles. The number of nitrogens with zero attached hydrogens (tertiary/aromatic N) is 1. The highest BCUT2D eigenvalue weighted by Gasteiger charge is 2.25. The van der Waals surface area contributed by atoms with Gasteiger partial charge in [0.2, 0.25) is 0 Å². The molecule has 0 saturated heterocycles. The van der Waals surface area contributed by atoms with E-state index in [1.165, 1.54) is 18.2 Å². The van der Waals surface area contributed by atoms with E-state index in [0.29, 0.717) is 5.56 Å². The van der Waals surface area contributed by atoms with Crippen molar-refractivity contribution in [3.8, 4) is 11.8 Å². The lowest BCUT2D eigenvalue weighted by Crippen LogP contribution is -2.35. The third-order valence-corrected chi connectivity index (χ3v) is 3.71. The Morgan fingerprint density at radius 2 is 2.15 bits per heavy atom. The van der Waals surface area contributed by atoms with Crippen molar-refractivity contribution in [2.75, 3.05) is 13.7 Å². The molecular formula is C16H18FNO2. The zero-order valence-corrected chi connectivity index (χ0v) is 11.5. The fourth-order valence-corrected chi connectivity index (χ4v) is 2.58. The molecule has 106 valence electrons. The molecule has 1 aromatic carbocycles.